The highest BCUT2D eigenvalue weighted by Gasteiger charge is 2.35. The molecule has 5 nitrogen and oxygen atoms in total. The highest BCUT2D eigenvalue weighted by Crippen LogP contribution is 2.21. The Hall–Kier alpha value is -1.26. The molecule has 2 amide bonds. The first-order valence-corrected chi connectivity index (χ1v) is 5.17. The lowest BCUT2D eigenvalue weighted by Crippen LogP contribution is -2.58. The average Bonchev–Trinajstić information content (AvgIpc) is 2.05. The van der Waals surface area contributed by atoms with Crippen molar-refractivity contribution in [3.63, 3.8) is 0 Å². The quantitative estimate of drug-likeness (QED) is 0.722. The molecule has 0 spiro atoms. The molecule has 0 aromatic carbocycles. The molecular weight excluding hydrogens is 196 g/mol. The van der Waals surface area contributed by atoms with E-state index in [2.05, 4.69) is 0 Å². The van der Waals surface area contributed by atoms with Gasteiger partial charge in [0.05, 0.1) is 5.54 Å². The Morgan fingerprint density at radius 3 is 2.40 bits per heavy atom. The van der Waals surface area contributed by atoms with Gasteiger partial charge in [-0.25, -0.2) is 14.8 Å². The van der Waals surface area contributed by atoms with Crippen LogP contribution in [0.25, 0.3) is 0 Å². The summed E-state index contributed by atoms with van der Waals surface area (Å²) < 4.78 is 0. The summed E-state index contributed by atoms with van der Waals surface area (Å²) in [7, 11) is 0. The summed E-state index contributed by atoms with van der Waals surface area (Å²) in [4.78, 5) is 22.7. The Bertz CT molecular complexity index is 270. The molecule has 1 heterocycles. The zero-order valence-corrected chi connectivity index (χ0v) is 9.49. The Kier molecular flexibility index (Phi) is 3.21. The van der Waals surface area contributed by atoms with E-state index in [9.17, 15) is 9.59 Å². The van der Waals surface area contributed by atoms with E-state index in [4.69, 9.17) is 5.11 Å². The van der Waals surface area contributed by atoms with Gasteiger partial charge in [0.2, 0.25) is 5.91 Å². The second-order valence-electron chi connectivity index (χ2n) is 4.74. The van der Waals surface area contributed by atoms with Crippen LogP contribution < -0.4 is 0 Å². The number of rotatable bonds is 1. The Morgan fingerprint density at radius 2 is 2.00 bits per heavy atom. The topological polar surface area (TPSA) is 60.9 Å². The van der Waals surface area contributed by atoms with Crippen LogP contribution in [0, 0.1) is 0 Å². The van der Waals surface area contributed by atoms with E-state index in [1.54, 1.807) is 20.8 Å². The van der Waals surface area contributed by atoms with Crippen molar-refractivity contribution in [3.8, 4) is 0 Å². The van der Waals surface area contributed by atoms with Crippen LogP contribution in [0.4, 0.5) is 4.79 Å². The smallest absolute Gasteiger partial charge is 0.426 e. The number of hydrogen-bond donors (Lipinski definition) is 1. The van der Waals surface area contributed by atoms with E-state index in [1.165, 1.54) is 5.01 Å². The number of amides is 2. The molecule has 0 aromatic rings. The molecule has 0 saturated carbocycles. The average molecular weight is 214 g/mol. The Balaban J connectivity index is 2.88. The van der Waals surface area contributed by atoms with Crippen LogP contribution in [0.15, 0.2) is 0 Å². The van der Waals surface area contributed by atoms with Gasteiger partial charge < -0.3 is 5.11 Å². The molecule has 1 rings (SSSR count). The van der Waals surface area contributed by atoms with Gasteiger partial charge in [0, 0.05) is 13.0 Å². The monoisotopic (exact) mass is 214 g/mol. The lowest BCUT2D eigenvalue weighted by molar-refractivity contribution is -0.157. The minimum atomic E-state index is -1.07. The lowest BCUT2D eigenvalue weighted by Gasteiger charge is -2.42. The summed E-state index contributed by atoms with van der Waals surface area (Å²) in [6.45, 7) is 5.84. The third kappa shape index (κ3) is 2.61. The molecule has 0 bridgehead atoms. The first-order chi connectivity index (χ1) is 6.84. The molecule has 1 N–H and O–H groups in total. The number of nitrogens with zero attached hydrogens (tertiary/aromatic N) is 2. The van der Waals surface area contributed by atoms with Crippen LogP contribution in [0.3, 0.4) is 0 Å². The third-order valence-electron chi connectivity index (χ3n) is 2.36. The summed E-state index contributed by atoms with van der Waals surface area (Å²) in [5.41, 5.74) is -0.584. The van der Waals surface area contributed by atoms with E-state index >= 15 is 0 Å². The molecule has 0 radical (unpaired) electrons. The molecule has 0 aromatic heterocycles. The van der Waals surface area contributed by atoms with Gasteiger partial charge in [-0.3, -0.25) is 4.79 Å². The van der Waals surface area contributed by atoms with Crippen molar-refractivity contribution in [2.45, 2.75) is 45.6 Å². The number of hydrazine groups is 1. The second-order valence-corrected chi connectivity index (χ2v) is 4.74. The number of carboxylic acid groups (broad SMARTS) is 1. The summed E-state index contributed by atoms with van der Waals surface area (Å²) in [6.07, 6.45) is 1.09. The largest absolute Gasteiger partial charge is 0.464 e. The summed E-state index contributed by atoms with van der Waals surface area (Å²) >= 11 is 0. The van der Waals surface area contributed by atoms with Crippen molar-refractivity contribution in [1.29, 1.82) is 0 Å². The zero-order valence-electron chi connectivity index (χ0n) is 9.49. The van der Waals surface area contributed by atoms with E-state index in [1.807, 2.05) is 0 Å². The molecule has 5 heteroatoms. The Morgan fingerprint density at radius 1 is 1.40 bits per heavy atom. The van der Waals surface area contributed by atoms with E-state index < -0.39 is 11.6 Å². The molecule has 15 heavy (non-hydrogen) atoms. The summed E-state index contributed by atoms with van der Waals surface area (Å²) in [5, 5.41) is 11.6. The maximum absolute atomic E-state index is 11.6. The van der Waals surface area contributed by atoms with Gasteiger partial charge in [0.25, 0.3) is 0 Å². The highest BCUT2D eigenvalue weighted by atomic mass is 16.4. The number of hydrogen-bond acceptors (Lipinski definition) is 2. The molecule has 0 aliphatic carbocycles. The van der Waals surface area contributed by atoms with Gasteiger partial charge in [-0.05, 0) is 33.6 Å². The zero-order chi connectivity index (χ0) is 11.6. The van der Waals surface area contributed by atoms with E-state index in [0.717, 1.165) is 17.9 Å². The van der Waals surface area contributed by atoms with Crippen LogP contribution in [0.5, 0.6) is 0 Å². The van der Waals surface area contributed by atoms with Crippen LogP contribution in [-0.4, -0.2) is 39.2 Å². The minimum absolute atomic E-state index is 0.0985. The third-order valence-corrected chi connectivity index (χ3v) is 2.36. The van der Waals surface area contributed by atoms with Crippen molar-refractivity contribution >= 4 is 12.0 Å². The van der Waals surface area contributed by atoms with Crippen molar-refractivity contribution in [1.82, 2.24) is 10.0 Å². The molecular formula is C10H18N2O3. The molecule has 0 unspecified atom stereocenters. The highest BCUT2D eigenvalue weighted by molar-refractivity contribution is 5.79. The van der Waals surface area contributed by atoms with Gasteiger partial charge in [-0.2, -0.15) is 0 Å². The van der Waals surface area contributed by atoms with Crippen LogP contribution in [-0.2, 0) is 4.79 Å². The maximum atomic E-state index is 11.6. The van der Waals surface area contributed by atoms with Crippen molar-refractivity contribution < 1.29 is 14.7 Å². The van der Waals surface area contributed by atoms with Gasteiger partial charge in [-0.1, -0.05) is 0 Å². The molecule has 1 aliphatic rings. The molecule has 86 valence electrons. The summed E-state index contributed by atoms with van der Waals surface area (Å²) in [6, 6.07) is 0. The second kappa shape index (κ2) is 4.08. The normalized spacial score (nSPS) is 17.8. The lowest BCUT2D eigenvalue weighted by atomic mass is 10.1. The van der Waals surface area contributed by atoms with Gasteiger partial charge in [0.1, 0.15) is 0 Å². The number of piperidine rings is 1. The van der Waals surface area contributed by atoms with Crippen molar-refractivity contribution in [2.75, 3.05) is 6.54 Å². The van der Waals surface area contributed by atoms with Crippen LogP contribution >= 0.6 is 0 Å². The molecule has 1 aliphatic heterocycles. The van der Waals surface area contributed by atoms with Crippen LogP contribution in [0.2, 0.25) is 0 Å². The molecule has 1 saturated heterocycles. The summed E-state index contributed by atoms with van der Waals surface area (Å²) in [5.74, 6) is -0.0985. The Labute approximate surface area is 89.6 Å². The minimum Gasteiger partial charge on any atom is -0.464 e. The fraction of sp³-hybridized carbons (Fsp3) is 0.800. The predicted molar refractivity (Wildman–Crippen MR) is 55.2 cm³/mol. The maximum Gasteiger partial charge on any atom is 0.426 e. The standard InChI is InChI=1S/C10H18N2O3/c1-10(2,3)12(9(14)15)11-7-5-4-6-8(11)13/h4-7H2,1-3H3,(H,14,15). The van der Waals surface area contributed by atoms with Crippen molar-refractivity contribution in [3.05, 3.63) is 0 Å². The van der Waals surface area contributed by atoms with E-state index in [0.29, 0.717) is 13.0 Å². The fourth-order valence-corrected chi connectivity index (χ4v) is 1.76. The molecule has 1 fully saturated rings. The number of carbonyl (C=O) groups is 2. The first-order valence-electron chi connectivity index (χ1n) is 5.17. The predicted octanol–water partition coefficient (Wildman–Crippen LogP) is 1.69. The van der Waals surface area contributed by atoms with Gasteiger partial charge >= 0.3 is 6.09 Å². The number of carbonyl (C=O) groups excluding carboxylic acids is 1. The van der Waals surface area contributed by atoms with Crippen molar-refractivity contribution in [2.24, 2.45) is 0 Å². The molecule has 0 atom stereocenters. The first kappa shape index (κ1) is 11.8. The van der Waals surface area contributed by atoms with E-state index in [-0.39, 0.29) is 5.91 Å². The van der Waals surface area contributed by atoms with Gasteiger partial charge in [0.15, 0.2) is 0 Å². The van der Waals surface area contributed by atoms with Gasteiger partial charge in [-0.15, -0.1) is 0 Å². The van der Waals surface area contributed by atoms with Crippen LogP contribution in [0.1, 0.15) is 40.0 Å². The SMILES string of the molecule is CC(C)(C)N(C(=O)O)N1CCCCC1=O. The fourth-order valence-electron chi connectivity index (χ4n) is 1.76.